The van der Waals surface area contributed by atoms with Crippen LogP contribution in [0.15, 0.2) is 47.6 Å². The lowest BCUT2D eigenvalue weighted by Crippen LogP contribution is -2.24. The lowest BCUT2D eigenvalue weighted by molar-refractivity contribution is -0.116. The molecule has 27 heavy (non-hydrogen) atoms. The second-order valence-electron chi connectivity index (χ2n) is 6.23. The maximum absolute atomic E-state index is 13.0. The first-order valence-corrected chi connectivity index (χ1v) is 8.77. The fraction of sp³-hybridized carbons (Fsp3) is 0.300. The topological polar surface area (TPSA) is 87.6 Å². The highest BCUT2D eigenvalue weighted by molar-refractivity contribution is 5.94. The fourth-order valence-corrected chi connectivity index (χ4v) is 2.49. The van der Waals surface area contributed by atoms with Gasteiger partial charge in [-0.15, -0.1) is 4.91 Å². The third-order valence-corrected chi connectivity index (χ3v) is 4.01. The van der Waals surface area contributed by atoms with Crippen LogP contribution in [0.2, 0.25) is 0 Å². The van der Waals surface area contributed by atoms with Crippen molar-refractivity contribution in [1.82, 2.24) is 5.32 Å². The third-order valence-electron chi connectivity index (χ3n) is 4.01. The molecule has 2 amide bonds. The minimum absolute atomic E-state index is 0.113. The Morgan fingerprint density at radius 1 is 1.04 bits per heavy atom. The van der Waals surface area contributed by atoms with Crippen LogP contribution < -0.4 is 10.6 Å². The normalized spacial score (nSPS) is 10.3. The average Bonchev–Trinajstić information content (AvgIpc) is 2.66. The number of rotatable bonds is 9. The number of hydrogen-bond acceptors (Lipinski definition) is 4. The summed E-state index contributed by atoms with van der Waals surface area (Å²) in [7, 11) is 0. The van der Waals surface area contributed by atoms with E-state index in [2.05, 4.69) is 15.8 Å². The van der Waals surface area contributed by atoms with Crippen molar-refractivity contribution in [3.05, 3.63) is 64.3 Å². The average molecular weight is 371 g/mol. The highest BCUT2D eigenvalue weighted by Gasteiger charge is 2.09. The van der Waals surface area contributed by atoms with Gasteiger partial charge in [-0.1, -0.05) is 24.1 Å². The second-order valence-corrected chi connectivity index (χ2v) is 6.23. The molecule has 0 bridgehead atoms. The summed E-state index contributed by atoms with van der Waals surface area (Å²) >= 11 is 0. The minimum atomic E-state index is -0.588. The maximum atomic E-state index is 13.0. The van der Waals surface area contributed by atoms with E-state index in [1.54, 1.807) is 12.1 Å². The van der Waals surface area contributed by atoms with Crippen molar-refractivity contribution < 1.29 is 14.0 Å². The number of nitrogens with zero attached hydrogens (tertiary/aromatic N) is 1. The van der Waals surface area contributed by atoms with E-state index in [0.717, 1.165) is 30.5 Å². The van der Waals surface area contributed by atoms with Gasteiger partial charge in [0.05, 0.1) is 5.69 Å². The Labute approximate surface area is 157 Å². The van der Waals surface area contributed by atoms with E-state index < -0.39 is 5.82 Å². The molecule has 2 N–H and O–H groups in total. The highest BCUT2D eigenvalue weighted by atomic mass is 19.1. The van der Waals surface area contributed by atoms with E-state index in [0.29, 0.717) is 18.5 Å². The van der Waals surface area contributed by atoms with E-state index in [-0.39, 0.29) is 29.6 Å². The van der Waals surface area contributed by atoms with E-state index in [9.17, 15) is 18.9 Å². The number of halogens is 1. The number of benzene rings is 2. The Morgan fingerprint density at radius 2 is 1.78 bits per heavy atom. The van der Waals surface area contributed by atoms with Gasteiger partial charge >= 0.3 is 0 Å². The van der Waals surface area contributed by atoms with Crippen molar-refractivity contribution in [2.75, 3.05) is 11.9 Å². The van der Waals surface area contributed by atoms with E-state index >= 15 is 0 Å². The molecule has 0 saturated carbocycles. The summed E-state index contributed by atoms with van der Waals surface area (Å²) in [5.74, 6) is -0.969. The van der Waals surface area contributed by atoms with Crippen molar-refractivity contribution >= 4 is 23.2 Å². The number of hydrogen-bond donors (Lipinski definition) is 2. The summed E-state index contributed by atoms with van der Waals surface area (Å²) in [5.41, 5.74) is 1.78. The van der Waals surface area contributed by atoms with Gasteiger partial charge in [0.25, 0.3) is 5.91 Å². The van der Waals surface area contributed by atoms with Gasteiger partial charge in [-0.05, 0) is 49.2 Å². The second kappa shape index (κ2) is 10.2. The molecule has 0 saturated heterocycles. The monoisotopic (exact) mass is 371 g/mol. The Morgan fingerprint density at radius 3 is 2.48 bits per heavy atom. The fourth-order valence-electron chi connectivity index (χ4n) is 2.49. The van der Waals surface area contributed by atoms with Crippen molar-refractivity contribution in [2.45, 2.75) is 32.6 Å². The molecule has 0 heterocycles. The number of aryl methyl sites for hydroxylation is 1. The van der Waals surface area contributed by atoms with Crippen molar-refractivity contribution in [3.63, 3.8) is 0 Å². The van der Waals surface area contributed by atoms with Gasteiger partial charge in [0.1, 0.15) is 11.5 Å². The molecule has 0 aliphatic heterocycles. The SMILES string of the molecule is Cc1ccc(C(=O)NCCCCCC(=O)Nc2ccc(F)cc2N=O)cc1. The lowest BCUT2D eigenvalue weighted by Gasteiger charge is -2.07. The van der Waals surface area contributed by atoms with Crippen LogP contribution in [0.1, 0.15) is 41.6 Å². The molecule has 0 unspecified atom stereocenters. The lowest BCUT2D eigenvalue weighted by atomic mass is 10.1. The summed E-state index contributed by atoms with van der Waals surface area (Å²) in [6, 6.07) is 10.8. The van der Waals surface area contributed by atoms with Gasteiger partial charge in [-0.2, -0.15) is 0 Å². The molecule has 0 aromatic heterocycles. The van der Waals surface area contributed by atoms with Crippen LogP contribution >= 0.6 is 0 Å². The molecule has 0 atom stereocenters. The van der Waals surface area contributed by atoms with Crippen LogP contribution in [0.4, 0.5) is 15.8 Å². The molecule has 2 aromatic carbocycles. The molecule has 7 heteroatoms. The van der Waals surface area contributed by atoms with Gasteiger partial charge in [-0.3, -0.25) is 9.59 Å². The van der Waals surface area contributed by atoms with Gasteiger partial charge in [0, 0.05) is 24.6 Å². The quantitative estimate of drug-likeness (QED) is 0.504. The zero-order chi connectivity index (χ0) is 19.6. The van der Waals surface area contributed by atoms with Gasteiger partial charge < -0.3 is 10.6 Å². The van der Waals surface area contributed by atoms with Crippen LogP contribution in [0.3, 0.4) is 0 Å². The molecule has 0 spiro atoms. The number of amides is 2. The van der Waals surface area contributed by atoms with Crippen LogP contribution in [-0.4, -0.2) is 18.4 Å². The first-order chi connectivity index (χ1) is 13.0. The predicted octanol–water partition coefficient (Wildman–Crippen LogP) is 4.46. The molecule has 0 aliphatic rings. The largest absolute Gasteiger partial charge is 0.352 e. The number of nitrogens with one attached hydrogen (secondary N) is 2. The smallest absolute Gasteiger partial charge is 0.251 e. The van der Waals surface area contributed by atoms with Gasteiger partial charge in [-0.25, -0.2) is 4.39 Å². The molecular formula is C20H22FN3O3. The van der Waals surface area contributed by atoms with Crippen molar-refractivity contribution in [1.29, 1.82) is 0 Å². The summed E-state index contributed by atoms with van der Waals surface area (Å²) in [4.78, 5) is 34.5. The van der Waals surface area contributed by atoms with Gasteiger partial charge in [0.2, 0.25) is 5.91 Å². The molecule has 2 aromatic rings. The van der Waals surface area contributed by atoms with Crippen LogP contribution in [0, 0.1) is 17.6 Å². The Hall–Kier alpha value is -3.09. The molecule has 142 valence electrons. The Bertz CT molecular complexity index is 807. The number of unbranched alkanes of at least 4 members (excludes halogenated alkanes) is 2. The standard InChI is InChI=1S/C20H22FN3O3/c1-14-6-8-15(9-7-14)20(26)22-12-4-2-3-5-19(25)23-17-11-10-16(21)13-18(17)24-27/h6-11,13H,2-5,12H2,1H3,(H,22,26)(H,23,25). The summed E-state index contributed by atoms with van der Waals surface area (Å²) in [6.07, 6.45) is 2.42. The summed E-state index contributed by atoms with van der Waals surface area (Å²) in [5, 5.41) is 8.11. The first-order valence-electron chi connectivity index (χ1n) is 8.77. The van der Waals surface area contributed by atoms with Crippen LogP contribution in [-0.2, 0) is 4.79 Å². The van der Waals surface area contributed by atoms with Crippen molar-refractivity contribution in [3.8, 4) is 0 Å². The van der Waals surface area contributed by atoms with Crippen molar-refractivity contribution in [2.24, 2.45) is 5.18 Å². The number of carbonyl (C=O) groups is 2. The molecule has 0 radical (unpaired) electrons. The van der Waals surface area contributed by atoms with Gasteiger partial charge in [0.15, 0.2) is 0 Å². The minimum Gasteiger partial charge on any atom is -0.352 e. The zero-order valence-electron chi connectivity index (χ0n) is 15.1. The number of anilines is 1. The van der Waals surface area contributed by atoms with Crippen LogP contribution in [0.25, 0.3) is 0 Å². The number of nitroso groups, excluding NO2 is 1. The molecule has 6 nitrogen and oxygen atoms in total. The Kier molecular flexibility index (Phi) is 7.61. The molecule has 2 rings (SSSR count). The highest BCUT2D eigenvalue weighted by Crippen LogP contribution is 2.25. The maximum Gasteiger partial charge on any atom is 0.251 e. The summed E-state index contributed by atoms with van der Waals surface area (Å²) < 4.78 is 13.0. The first kappa shape index (κ1) is 20.2. The molecule has 0 aliphatic carbocycles. The van der Waals surface area contributed by atoms with E-state index in [1.165, 1.54) is 6.07 Å². The summed E-state index contributed by atoms with van der Waals surface area (Å²) in [6.45, 7) is 2.50. The third kappa shape index (κ3) is 6.62. The predicted molar refractivity (Wildman–Crippen MR) is 102 cm³/mol. The van der Waals surface area contributed by atoms with Crippen LogP contribution in [0.5, 0.6) is 0 Å². The zero-order valence-corrected chi connectivity index (χ0v) is 15.1. The molecular weight excluding hydrogens is 349 g/mol. The Balaban J connectivity index is 1.64. The molecule has 0 fully saturated rings. The van der Waals surface area contributed by atoms with E-state index in [4.69, 9.17) is 0 Å². The number of carbonyl (C=O) groups excluding carboxylic acids is 2. The van der Waals surface area contributed by atoms with E-state index in [1.807, 2.05) is 19.1 Å².